The minimum Gasteiger partial charge on any atom is -0.462 e. The molecule has 3 heterocycles. The molecule has 3 unspecified atom stereocenters. The van der Waals surface area contributed by atoms with Crippen LogP contribution in [0.25, 0.3) is 11.2 Å². The lowest BCUT2D eigenvalue weighted by Gasteiger charge is -2.30. The van der Waals surface area contributed by atoms with Crippen LogP contribution in [0.4, 0.5) is 11.8 Å². The van der Waals surface area contributed by atoms with Gasteiger partial charge in [-0.05, 0) is 53.7 Å². The molecule has 0 radical (unpaired) electrons. The molecule has 20 heteroatoms. The van der Waals surface area contributed by atoms with Gasteiger partial charge in [0, 0.05) is 7.05 Å². The van der Waals surface area contributed by atoms with Crippen molar-refractivity contribution in [2.45, 2.75) is 77.2 Å². The molecule has 0 spiro atoms. The number of hydrogen-bond donors (Lipinski definition) is 5. The van der Waals surface area contributed by atoms with Crippen LogP contribution < -0.4 is 25.2 Å². The minimum absolute atomic E-state index is 0.00798. The largest absolute Gasteiger partial charge is 0.462 e. The maximum atomic E-state index is 14.2. The van der Waals surface area contributed by atoms with Crippen LogP contribution in [0.5, 0.6) is 5.75 Å². The smallest absolute Gasteiger partial charge is 0.459 e. The Labute approximate surface area is 272 Å². The van der Waals surface area contributed by atoms with E-state index >= 15 is 0 Å². The number of benzene rings is 1. The molecule has 1 aromatic carbocycles. The Bertz CT molecular complexity index is 1770. The number of imidazole rings is 1. The molecule has 5 atom stereocenters. The molecule has 1 aliphatic heterocycles. The van der Waals surface area contributed by atoms with Gasteiger partial charge in [-0.15, -0.1) is 4.83 Å². The third-order valence-corrected chi connectivity index (χ3v) is 9.35. The number of nitrogen functional groups attached to an aromatic ring is 1. The standard InChI is InChI=1S/C27H41N8O10PS/c1-15(2)43-24(37)26(4,5)32-46(39,45-17-11-9-16(3)10-12-17)42-13-18-20(36)27(6,38)23(44-18)35-14-29-19-21(30-25(28)31-22(19)35)34(7)33-47(8,40)41/h9-12,14-15,18,20,23,33,36,38H,13H2,1-8H3,(H,32,39)(H2,28,30,31)/t18?,20-,23?,27-,46?/m1/s1. The molecule has 0 amide bonds. The summed E-state index contributed by atoms with van der Waals surface area (Å²) in [6.07, 6.45) is -2.48. The molecule has 0 bridgehead atoms. The van der Waals surface area contributed by atoms with Crippen molar-refractivity contribution in [3.05, 3.63) is 36.2 Å². The van der Waals surface area contributed by atoms with E-state index in [1.54, 1.807) is 38.1 Å². The molecule has 6 N–H and O–H groups in total. The van der Waals surface area contributed by atoms with E-state index in [0.29, 0.717) is 0 Å². The monoisotopic (exact) mass is 700 g/mol. The summed E-state index contributed by atoms with van der Waals surface area (Å²) in [6, 6.07) is 6.61. The number of aryl methyl sites for hydroxylation is 1. The number of aromatic nitrogens is 4. The van der Waals surface area contributed by atoms with Gasteiger partial charge in [0.25, 0.3) is 0 Å². The summed E-state index contributed by atoms with van der Waals surface area (Å²) in [5.74, 6) is -0.776. The zero-order chi connectivity index (χ0) is 35.1. The molecule has 260 valence electrons. The number of nitrogens with two attached hydrogens (primary N) is 1. The number of aliphatic hydroxyl groups excluding tert-OH is 1. The Balaban J connectivity index is 1.62. The number of ether oxygens (including phenoxy) is 2. The van der Waals surface area contributed by atoms with Gasteiger partial charge in [0.05, 0.1) is 25.3 Å². The Morgan fingerprint density at radius 3 is 2.51 bits per heavy atom. The maximum absolute atomic E-state index is 14.2. The first-order valence-corrected chi connectivity index (χ1v) is 17.8. The number of anilines is 2. The van der Waals surface area contributed by atoms with Crippen molar-refractivity contribution in [3.8, 4) is 5.75 Å². The van der Waals surface area contributed by atoms with Gasteiger partial charge in [0.2, 0.25) is 16.0 Å². The zero-order valence-electron chi connectivity index (χ0n) is 27.2. The molecule has 18 nitrogen and oxygen atoms in total. The van der Waals surface area contributed by atoms with Crippen LogP contribution in [0.3, 0.4) is 0 Å². The van der Waals surface area contributed by atoms with E-state index in [0.717, 1.165) is 16.8 Å². The third kappa shape index (κ3) is 8.36. The van der Waals surface area contributed by atoms with E-state index in [4.69, 9.17) is 24.3 Å². The first-order valence-electron chi connectivity index (χ1n) is 14.4. The minimum atomic E-state index is -4.40. The topological polar surface area (TPSA) is 243 Å². The molecule has 4 rings (SSSR count). The third-order valence-electron chi connectivity index (χ3n) is 6.97. The van der Waals surface area contributed by atoms with E-state index in [9.17, 15) is 28.0 Å². The van der Waals surface area contributed by atoms with Crippen molar-refractivity contribution in [3.63, 3.8) is 0 Å². The van der Waals surface area contributed by atoms with Gasteiger partial charge in [-0.25, -0.2) is 18.0 Å². The number of aliphatic hydroxyl groups is 2. The number of esters is 1. The van der Waals surface area contributed by atoms with Gasteiger partial charge < -0.3 is 29.9 Å². The Hall–Kier alpha value is -3.42. The van der Waals surface area contributed by atoms with Gasteiger partial charge in [-0.2, -0.15) is 15.1 Å². The van der Waals surface area contributed by atoms with Crippen molar-refractivity contribution < 1.29 is 46.5 Å². The Morgan fingerprint density at radius 1 is 1.28 bits per heavy atom. The summed E-state index contributed by atoms with van der Waals surface area (Å²) < 4.78 is 61.9. The summed E-state index contributed by atoms with van der Waals surface area (Å²) in [5, 5.41) is 26.3. The predicted octanol–water partition coefficient (Wildman–Crippen LogP) is 1.15. The van der Waals surface area contributed by atoms with Gasteiger partial charge in [-0.3, -0.25) is 18.9 Å². The second kappa shape index (κ2) is 13.2. The zero-order valence-corrected chi connectivity index (χ0v) is 28.9. The molecule has 1 saturated heterocycles. The van der Waals surface area contributed by atoms with E-state index in [1.807, 2.05) is 6.92 Å². The fourth-order valence-electron chi connectivity index (χ4n) is 4.73. The molecule has 1 fully saturated rings. The van der Waals surface area contributed by atoms with Gasteiger partial charge in [0.15, 0.2) is 23.2 Å². The SMILES string of the molecule is Cc1ccc(OP(=O)(NC(C)(C)C(=O)OC(C)C)OCC2OC(n3cnc4c(N(C)NS(C)(=O)=O)nc(N)nc43)[C@](C)(O)[C@@H]2O)cc1. The highest BCUT2D eigenvalue weighted by atomic mass is 32.2. The number of sulfonamides is 1. The first kappa shape index (κ1) is 36.4. The number of nitrogens with zero attached hydrogens (tertiary/aromatic N) is 5. The average molecular weight is 701 g/mol. The number of hydrazine groups is 1. The number of nitrogens with one attached hydrogen (secondary N) is 2. The maximum Gasteiger partial charge on any atom is 0.459 e. The fourth-order valence-corrected chi connectivity index (χ4v) is 7.00. The van der Waals surface area contributed by atoms with E-state index in [1.165, 1.54) is 38.7 Å². The fraction of sp³-hybridized carbons (Fsp3) is 0.556. The van der Waals surface area contributed by atoms with Crippen molar-refractivity contribution in [1.29, 1.82) is 0 Å². The molecule has 3 aromatic rings. The average Bonchev–Trinajstić information content (AvgIpc) is 3.44. The number of rotatable bonds is 13. The van der Waals surface area contributed by atoms with Gasteiger partial charge in [0.1, 0.15) is 29.1 Å². The molecule has 2 aromatic heterocycles. The van der Waals surface area contributed by atoms with E-state index in [-0.39, 0.29) is 28.7 Å². The van der Waals surface area contributed by atoms with Crippen molar-refractivity contribution >= 4 is 46.7 Å². The molecular formula is C27H41N8O10PS. The van der Waals surface area contributed by atoms with Crippen LogP contribution in [0.15, 0.2) is 30.6 Å². The lowest BCUT2D eigenvalue weighted by molar-refractivity contribution is -0.153. The number of fused-ring (bicyclic) bond motifs is 1. The quantitative estimate of drug-likeness (QED) is 0.0954. The second-order valence-electron chi connectivity index (χ2n) is 12.2. The molecule has 0 saturated carbocycles. The van der Waals surface area contributed by atoms with Crippen LogP contribution in [-0.4, -0.2) is 93.5 Å². The number of carbonyl (C=O) groups excluding carboxylic acids is 1. The van der Waals surface area contributed by atoms with Gasteiger partial charge >= 0.3 is 13.7 Å². The van der Waals surface area contributed by atoms with Crippen LogP contribution in [0, 0.1) is 6.92 Å². The lowest BCUT2D eigenvalue weighted by Crippen LogP contribution is -2.48. The molecule has 1 aliphatic rings. The van der Waals surface area contributed by atoms with E-state index in [2.05, 4.69) is 24.9 Å². The van der Waals surface area contributed by atoms with Crippen LogP contribution >= 0.6 is 7.75 Å². The van der Waals surface area contributed by atoms with Crippen LogP contribution in [0.2, 0.25) is 0 Å². The highest BCUT2D eigenvalue weighted by Crippen LogP contribution is 2.48. The van der Waals surface area contributed by atoms with E-state index < -0.39 is 66.0 Å². The second-order valence-corrected chi connectivity index (χ2v) is 15.6. The Kier molecular flexibility index (Phi) is 10.3. The van der Waals surface area contributed by atoms with Crippen molar-refractivity contribution in [2.24, 2.45) is 0 Å². The summed E-state index contributed by atoms with van der Waals surface area (Å²) in [7, 11) is -6.71. The predicted molar refractivity (Wildman–Crippen MR) is 170 cm³/mol. The molecular weight excluding hydrogens is 659 g/mol. The summed E-state index contributed by atoms with van der Waals surface area (Å²) in [5.41, 5.74) is 3.45. The van der Waals surface area contributed by atoms with Crippen LogP contribution in [0.1, 0.15) is 46.4 Å². The van der Waals surface area contributed by atoms with Crippen LogP contribution in [-0.2, 0) is 33.4 Å². The number of carbonyl (C=O) groups is 1. The number of hydrogen-bond acceptors (Lipinski definition) is 15. The lowest BCUT2D eigenvalue weighted by atomic mass is 9.96. The van der Waals surface area contributed by atoms with Gasteiger partial charge in [-0.1, -0.05) is 17.7 Å². The molecule has 47 heavy (non-hydrogen) atoms. The summed E-state index contributed by atoms with van der Waals surface area (Å²) in [4.78, 5) is 27.6. The first-order chi connectivity index (χ1) is 21.6. The van der Waals surface area contributed by atoms with Crippen molar-refractivity contribution in [2.75, 3.05) is 30.7 Å². The Morgan fingerprint density at radius 2 is 1.91 bits per heavy atom. The summed E-state index contributed by atoms with van der Waals surface area (Å²) >= 11 is 0. The molecule has 0 aliphatic carbocycles. The highest BCUT2D eigenvalue weighted by molar-refractivity contribution is 7.88. The normalized spacial score (nSPS) is 23.2. The summed E-state index contributed by atoms with van der Waals surface area (Å²) in [6.45, 7) is 8.83. The highest BCUT2D eigenvalue weighted by Gasteiger charge is 2.54. The van der Waals surface area contributed by atoms with Crippen molar-refractivity contribution in [1.82, 2.24) is 29.4 Å².